The molecular weight excluding hydrogens is 146 g/mol. The molecule has 12 heavy (non-hydrogen) atoms. The number of piperidine rings is 1. The lowest BCUT2D eigenvalue weighted by Crippen LogP contribution is -2.37. The number of hydrogen-bond donors (Lipinski definition) is 1. The van der Waals surface area contributed by atoms with Crippen LogP contribution in [0.3, 0.4) is 0 Å². The zero-order chi connectivity index (χ0) is 9.61. The summed E-state index contributed by atoms with van der Waals surface area (Å²) in [5, 5.41) is 3.39. The van der Waals surface area contributed by atoms with Gasteiger partial charge >= 0.3 is 0 Å². The van der Waals surface area contributed by atoms with Gasteiger partial charge in [0.05, 0.1) is 0 Å². The van der Waals surface area contributed by atoms with Crippen molar-refractivity contribution in [3.8, 4) is 0 Å². The molecule has 0 radical (unpaired) electrons. The van der Waals surface area contributed by atoms with Crippen LogP contribution in [-0.2, 0) is 0 Å². The zero-order valence-electron chi connectivity index (χ0n) is 9.41. The Hall–Kier alpha value is -0.0400. The first-order valence-corrected chi connectivity index (χ1v) is 5.36. The second kappa shape index (κ2) is 5.58. The normalized spacial score (nSPS) is 21.5. The van der Waals surface area contributed by atoms with Crippen LogP contribution in [0.25, 0.3) is 0 Å². The first-order chi connectivity index (χ1) is 5.65. The van der Waals surface area contributed by atoms with Crippen LogP contribution >= 0.6 is 0 Å². The van der Waals surface area contributed by atoms with Gasteiger partial charge in [0.25, 0.3) is 0 Å². The monoisotopic (exact) mass is 173 g/mol. The van der Waals surface area contributed by atoms with E-state index in [1.54, 1.807) is 0 Å². The van der Waals surface area contributed by atoms with Crippen molar-refractivity contribution in [3.05, 3.63) is 0 Å². The average molecular weight is 173 g/mol. The molecule has 0 bridgehead atoms. The highest BCUT2D eigenvalue weighted by Gasteiger charge is 2.29. The van der Waals surface area contributed by atoms with Gasteiger partial charge in [0.1, 0.15) is 0 Å². The standard InChI is InChI=1S/C9H19N.C2H6.H2/c1-8(2)9(3)4-6-10-7-5-9;1-2;/h8,10H,4-7H2,1-3H3;1-2H3;1H. The minimum atomic E-state index is 0. The fourth-order valence-corrected chi connectivity index (χ4v) is 1.58. The van der Waals surface area contributed by atoms with Crippen LogP contribution in [-0.4, -0.2) is 13.1 Å². The predicted octanol–water partition coefficient (Wildman–Crippen LogP) is 3.30. The fourth-order valence-electron chi connectivity index (χ4n) is 1.58. The highest BCUT2D eigenvalue weighted by atomic mass is 14.9. The molecule has 0 amide bonds. The zero-order valence-corrected chi connectivity index (χ0v) is 9.41. The molecule has 0 spiro atoms. The molecular formula is C11H27N. The van der Waals surface area contributed by atoms with Crippen molar-refractivity contribution < 1.29 is 1.43 Å². The van der Waals surface area contributed by atoms with E-state index in [1.165, 1.54) is 25.9 Å². The Morgan fingerprint density at radius 3 is 1.83 bits per heavy atom. The first-order valence-electron chi connectivity index (χ1n) is 5.36. The molecule has 1 nitrogen and oxygen atoms in total. The number of rotatable bonds is 1. The van der Waals surface area contributed by atoms with Gasteiger partial charge in [0.15, 0.2) is 0 Å². The molecule has 76 valence electrons. The van der Waals surface area contributed by atoms with Crippen molar-refractivity contribution in [2.75, 3.05) is 13.1 Å². The van der Waals surface area contributed by atoms with Crippen LogP contribution in [0.2, 0.25) is 0 Å². The summed E-state index contributed by atoms with van der Waals surface area (Å²) in [6.07, 6.45) is 2.70. The van der Waals surface area contributed by atoms with E-state index < -0.39 is 0 Å². The summed E-state index contributed by atoms with van der Waals surface area (Å²) in [6, 6.07) is 0. The minimum Gasteiger partial charge on any atom is -0.317 e. The van der Waals surface area contributed by atoms with E-state index in [1.807, 2.05) is 13.8 Å². The SMILES string of the molecule is CC.CC(C)C1(C)CCNCC1.[HH]. The quantitative estimate of drug-likeness (QED) is 0.641. The van der Waals surface area contributed by atoms with E-state index in [0.29, 0.717) is 5.41 Å². The second-order valence-electron chi connectivity index (χ2n) is 4.06. The molecule has 0 aromatic rings. The molecule has 0 atom stereocenters. The van der Waals surface area contributed by atoms with Crippen molar-refractivity contribution in [2.24, 2.45) is 11.3 Å². The number of nitrogens with one attached hydrogen (secondary N) is 1. The maximum Gasteiger partial charge on any atom is 0 e. The maximum atomic E-state index is 3.39. The van der Waals surface area contributed by atoms with E-state index >= 15 is 0 Å². The Morgan fingerprint density at radius 2 is 1.58 bits per heavy atom. The summed E-state index contributed by atoms with van der Waals surface area (Å²) >= 11 is 0. The van der Waals surface area contributed by atoms with Gasteiger partial charge in [-0.1, -0.05) is 34.6 Å². The molecule has 1 fully saturated rings. The third-order valence-electron chi connectivity index (χ3n) is 3.14. The maximum absolute atomic E-state index is 3.39. The largest absolute Gasteiger partial charge is 0.317 e. The van der Waals surface area contributed by atoms with Crippen molar-refractivity contribution in [3.63, 3.8) is 0 Å². The summed E-state index contributed by atoms with van der Waals surface area (Å²) in [5.74, 6) is 0.842. The van der Waals surface area contributed by atoms with Crippen LogP contribution in [0, 0.1) is 11.3 Å². The summed E-state index contributed by atoms with van der Waals surface area (Å²) in [4.78, 5) is 0. The highest BCUT2D eigenvalue weighted by molar-refractivity contribution is 4.82. The topological polar surface area (TPSA) is 12.0 Å². The molecule has 1 saturated heterocycles. The Bertz CT molecular complexity index is 107. The molecule has 1 aliphatic heterocycles. The Labute approximate surface area is 79.4 Å². The third kappa shape index (κ3) is 3.14. The fraction of sp³-hybridized carbons (Fsp3) is 1.00. The Morgan fingerprint density at radius 1 is 1.17 bits per heavy atom. The average Bonchev–Trinajstić information content (AvgIpc) is 2.09. The molecule has 0 saturated carbocycles. The molecule has 1 N–H and O–H groups in total. The van der Waals surface area contributed by atoms with Crippen molar-refractivity contribution in [1.82, 2.24) is 5.32 Å². The lowest BCUT2D eigenvalue weighted by Gasteiger charge is -2.37. The second-order valence-corrected chi connectivity index (χ2v) is 4.06. The molecule has 1 heterocycles. The van der Waals surface area contributed by atoms with Gasteiger partial charge in [-0.2, -0.15) is 0 Å². The van der Waals surface area contributed by atoms with E-state index in [4.69, 9.17) is 0 Å². The van der Waals surface area contributed by atoms with E-state index in [-0.39, 0.29) is 1.43 Å². The summed E-state index contributed by atoms with van der Waals surface area (Å²) in [5.41, 5.74) is 0.616. The molecule has 1 rings (SSSR count). The Kier molecular flexibility index (Phi) is 5.56. The summed E-state index contributed by atoms with van der Waals surface area (Å²) < 4.78 is 0. The highest BCUT2D eigenvalue weighted by Crippen LogP contribution is 2.35. The van der Waals surface area contributed by atoms with Gasteiger partial charge < -0.3 is 5.32 Å². The van der Waals surface area contributed by atoms with Crippen molar-refractivity contribution in [2.45, 2.75) is 47.5 Å². The van der Waals surface area contributed by atoms with E-state index in [9.17, 15) is 0 Å². The van der Waals surface area contributed by atoms with Crippen LogP contribution in [0.15, 0.2) is 0 Å². The molecule has 1 aliphatic rings. The van der Waals surface area contributed by atoms with Gasteiger partial charge in [-0.3, -0.25) is 0 Å². The smallest absolute Gasteiger partial charge is 0 e. The van der Waals surface area contributed by atoms with E-state index in [2.05, 4.69) is 26.1 Å². The summed E-state index contributed by atoms with van der Waals surface area (Å²) in [6.45, 7) is 13.5. The van der Waals surface area contributed by atoms with Crippen LogP contribution in [0.4, 0.5) is 0 Å². The van der Waals surface area contributed by atoms with Crippen LogP contribution in [0.1, 0.15) is 48.9 Å². The summed E-state index contributed by atoms with van der Waals surface area (Å²) in [7, 11) is 0. The van der Waals surface area contributed by atoms with Crippen molar-refractivity contribution in [1.29, 1.82) is 0 Å². The lowest BCUT2D eigenvalue weighted by molar-refractivity contribution is 0.154. The lowest BCUT2D eigenvalue weighted by atomic mass is 9.72. The van der Waals surface area contributed by atoms with Gasteiger partial charge in [0, 0.05) is 1.43 Å². The molecule has 0 aromatic heterocycles. The predicted molar refractivity (Wildman–Crippen MR) is 58.5 cm³/mol. The van der Waals surface area contributed by atoms with Gasteiger partial charge in [0.2, 0.25) is 0 Å². The molecule has 0 unspecified atom stereocenters. The molecule has 1 heteroatoms. The van der Waals surface area contributed by atoms with Gasteiger partial charge in [-0.15, -0.1) is 0 Å². The van der Waals surface area contributed by atoms with Gasteiger partial charge in [-0.25, -0.2) is 0 Å². The minimum absolute atomic E-state index is 0. The van der Waals surface area contributed by atoms with Crippen LogP contribution in [0.5, 0.6) is 0 Å². The first kappa shape index (κ1) is 12.0. The number of hydrogen-bond acceptors (Lipinski definition) is 1. The van der Waals surface area contributed by atoms with Crippen LogP contribution < -0.4 is 5.32 Å². The Balaban J connectivity index is 0. The molecule has 0 aromatic carbocycles. The van der Waals surface area contributed by atoms with E-state index in [0.717, 1.165) is 5.92 Å². The molecule has 0 aliphatic carbocycles. The third-order valence-corrected chi connectivity index (χ3v) is 3.14. The van der Waals surface area contributed by atoms with Crippen molar-refractivity contribution >= 4 is 0 Å². The van der Waals surface area contributed by atoms with Gasteiger partial charge in [-0.05, 0) is 37.3 Å².